The van der Waals surface area contributed by atoms with Crippen molar-refractivity contribution < 1.29 is 48.8 Å². The van der Waals surface area contributed by atoms with Gasteiger partial charge < -0.3 is 30.1 Å². The summed E-state index contributed by atoms with van der Waals surface area (Å²) in [6.07, 6.45) is -1.11. The van der Waals surface area contributed by atoms with Gasteiger partial charge in [0.25, 0.3) is 0 Å². The first-order valence-electron chi connectivity index (χ1n) is 13.8. The summed E-state index contributed by atoms with van der Waals surface area (Å²) in [6.45, 7) is 5.88. The Bertz CT molecular complexity index is 1170. The summed E-state index contributed by atoms with van der Waals surface area (Å²) < 4.78 is 11.3. The smallest absolute Gasteiger partial charge is 0.333 e. The van der Waals surface area contributed by atoms with E-state index in [1.54, 1.807) is 6.07 Å². The number of aliphatic carboxylic acids is 1. The van der Waals surface area contributed by atoms with Gasteiger partial charge in [0.05, 0.1) is 12.0 Å². The van der Waals surface area contributed by atoms with Gasteiger partial charge in [0, 0.05) is 31.2 Å². The fourth-order valence-electron chi connectivity index (χ4n) is 4.59. The zero-order valence-electron chi connectivity index (χ0n) is 23.6. The van der Waals surface area contributed by atoms with Crippen molar-refractivity contribution in [3.05, 3.63) is 41.5 Å². The second-order valence-electron chi connectivity index (χ2n) is 11.6. The van der Waals surface area contributed by atoms with Crippen molar-refractivity contribution in [3.63, 3.8) is 0 Å². The van der Waals surface area contributed by atoms with Crippen LogP contribution in [-0.4, -0.2) is 75.7 Å². The number of benzene rings is 1. The number of ketones is 3. The van der Waals surface area contributed by atoms with Crippen LogP contribution in [0.3, 0.4) is 0 Å². The number of unbranched alkanes of at least 4 members (excludes halogenated alkanes) is 1. The lowest BCUT2D eigenvalue weighted by Gasteiger charge is -2.35. The van der Waals surface area contributed by atoms with Crippen LogP contribution in [0, 0.1) is 11.3 Å². The van der Waals surface area contributed by atoms with E-state index in [1.807, 2.05) is 32.9 Å². The predicted molar refractivity (Wildman–Crippen MR) is 146 cm³/mol. The molecule has 41 heavy (non-hydrogen) atoms. The fraction of sp³-hybridized carbons (Fsp3) is 0.567. The highest BCUT2D eigenvalue weighted by Crippen LogP contribution is 2.30. The molecule has 0 bridgehead atoms. The fourth-order valence-corrected chi connectivity index (χ4v) is 4.59. The highest BCUT2D eigenvalue weighted by molar-refractivity contribution is 6.20. The van der Waals surface area contributed by atoms with Gasteiger partial charge in [-0.05, 0) is 55.0 Å². The molecule has 11 nitrogen and oxygen atoms in total. The molecule has 1 saturated heterocycles. The number of aliphatic hydroxyl groups is 2. The molecule has 0 unspecified atom stereocenters. The van der Waals surface area contributed by atoms with Crippen molar-refractivity contribution >= 4 is 29.2 Å². The molecule has 1 aromatic carbocycles. The lowest BCUT2D eigenvalue weighted by molar-refractivity contribution is -0.238. The Labute approximate surface area is 238 Å². The molecule has 2 aliphatic rings. The largest absolute Gasteiger partial charge is 0.479 e. The average Bonchev–Trinajstić information content (AvgIpc) is 3.21. The number of Topliss-reactive ketones (excluding diaryl/α,β-unsaturated/α-hetero) is 1. The van der Waals surface area contributed by atoms with Crippen LogP contribution in [0.1, 0.15) is 64.0 Å². The molecule has 1 aliphatic carbocycles. The number of ether oxygens (including phenoxy) is 2. The van der Waals surface area contributed by atoms with Gasteiger partial charge in [-0.3, -0.25) is 19.2 Å². The van der Waals surface area contributed by atoms with Crippen LogP contribution in [0.15, 0.2) is 30.4 Å². The molecule has 11 heteroatoms. The Kier molecular flexibility index (Phi) is 10.9. The molecular weight excluding hydrogens is 534 g/mol. The molecular formula is C30H39NO10. The molecule has 1 fully saturated rings. The van der Waals surface area contributed by atoms with Gasteiger partial charge in [0.15, 0.2) is 17.7 Å². The van der Waals surface area contributed by atoms with Gasteiger partial charge in [-0.25, -0.2) is 4.79 Å². The summed E-state index contributed by atoms with van der Waals surface area (Å²) in [6, 6.07) is 5.44. The molecule has 4 N–H and O–H groups in total. The Balaban J connectivity index is 1.61. The summed E-state index contributed by atoms with van der Waals surface area (Å²) in [5.74, 6) is -2.90. The van der Waals surface area contributed by atoms with Crippen LogP contribution >= 0.6 is 0 Å². The molecule has 0 aromatic heterocycles. The lowest BCUT2D eigenvalue weighted by Crippen LogP contribution is -2.52. The Hall–Kier alpha value is -3.41. The number of carboxylic acids is 1. The number of nitrogens with one attached hydrogen (secondary N) is 1. The van der Waals surface area contributed by atoms with Crippen LogP contribution in [0.4, 0.5) is 0 Å². The van der Waals surface area contributed by atoms with E-state index < -0.39 is 41.9 Å². The number of amides is 1. The number of hydrogen-bond acceptors (Lipinski definition) is 9. The number of rotatable bonds is 13. The third kappa shape index (κ3) is 9.04. The SMILES string of the molecule is CC(C)(C)C(=O)CCc1ccc(CCCCNC(=O)CC2C(=O)C=CC2=O)cc1O[C@@H]1O[C@H](C(=O)O)C[C@H](O)[C@H]1O. The summed E-state index contributed by atoms with van der Waals surface area (Å²) in [5, 5.41) is 32.7. The minimum Gasteiger partial charge on any atom is -0.479 e. The van der Waals surface area contributed by atoms with Crippen molar-refractivity contribution in [1.82, 2.24) is 5.32 Å². The predicted octanol–water partition coefficient (Wildman–Crippen LogP) is 1.69. The number of hydrogen-bond donors (Lipinski definition) is 4. The van der Waals surface area contributed by atoms with E-state index in [4.69, 9.17) is 9.47 Å². The normalized spacial score (nSPS) is 23.0. The van der Waals surface area contributed by atoms with E-state index in [9.17, 15) is 39.3 Å². The van der Waals surface area contributed by atoms with Crippen LogP contribution < -0.4 is 10.1 Å². The standard InChI is InChI=1S/C30H39NO10/c1-30(2,3)25(35)12-9-18-8-7-17(6-4-5-13-31-26(36)15-19-20(32)10-11-21(19)33)14-23(18)40-29-27(37)22(34)16-24(41-29)28(38)39/h7-8,10-11,14,19,22,24,27,29,34,37H,4-6,9,12-13,15-16H2,1-3H3,(H,31,36)(H,38,39)/t22-,24-,27+,29+/m0/s1. The molecule has 224 valence electrons. The quantitative estimate of drug-likeness (QED) is 0.201. The van der Waals surface area contributed by atoms with Crippen LogP contribution in [0.25, 0.3) is 0 Å². The highest BCUT2D eigenvalue weighted by Gasteiger charge is 2.41. The van der Waals surface area contributed by atoms with Gasteiger partial charge in [0.2, 0.25) is 12.2 Å². The summed E-state index contributed by atoms with van der Waals surface area (Å²) in [5.41, 5.74) is 1.02. The topological polar surface area (TPSA) is 177 Å². The Morgan fingerprint density at radius 1 is 1.05 bits per heavy atom. The van der Waals surface area contributed by atoms with Crippen LogP contribution in [-0.2, 0) is 41.6 Å². The molecule has 1 heterocycles. The first kappa shape index (κ1) is 32.1. The highest BCUT2D eigenvalue weighted by atomic mass is 16.7. The number of carbonyl (C=O) groups excluding carboxylic acids is 4. The zero-order chi connectivity index (χ0) is 30.3. The van der Waals surface area contributed by atoms with Gasteiger partial charge in [0.1, 0.15) is 17.6 Å². The van der Waals surface area contributed by atoms with Crippen molar-refractivity contribution in [2.45, 2.75) is 90.3 Å². The monoisotopic (exact) mass is 573 g/mol. The average molecular weight is 574 g/mol. The third-order valence-corrected chi connectivity index (χ3v) is 7.24. The third-order valence-electron chi connectivity index (χ3n) is 7.24. The minimum atomic E-state index is -1.47. The number of carbonyl (C=O) groups is 5. The van der Waals surface area contributed by atoms with E-state index in [0.717, 1.165) is 5.56 Å². The molecule has 0 radical (unpaired) electrons. The van der Waals surface area contributed by atoms with Gasteiger partial charge in [-0.1, -0.05) is 32.9 Å². The summed E-state index contributed by atoms with van der Waals surface area (Å²) in [7, 11) is 0. The van der Waals surface area contributed by atoms with E-state index in [1.165, 1.54) is 12.2 Å². The maximum absolute atomic E-state index is 12.5. The van der Waals surface area contributed by atoms with Gasteiger partial charge >= 0.3 is 5.97 Å². The molecule has 3 rings (SSSR count). The second kappa shape index (κ2) is 14.0. The molecule has 1 amide bonds. The lowest BCUT2D eigenvalue weighted by atomic mass is 9.87. The van der Waals surface area contributed by atoms with Crippen LogP contribution in [0.2, 0.25) is 0 Å². The van der Waals surface area contributed by atoms with Crippen molar-refractivity contribution in [3.8, 4) is 5.75 Å². The number of carboxylic acid groups (broad SMARTS) is 1. The van der Waals surface area contributed by atoms with E-state index in [2.05, 4.69) is 5.32 Å². The van der Waals surface area contributed by atoms with E-state index in [-0.39, 0.29) is 42.5 Å². The minimum absolute atomic E-state index is 0.0582. The summed E-state index contributed by atoms with van der Waals surface area (Å²) >= 11 is 0. The van der Waals surface area contributed by atoms with Crippen molar-refractivity contribution in [2.24, 2.45) is 11.3 Å². The Morgan fingerprint density at radius 3 is 2.37 bits per heavy atom. The second-order valence-corrected chi connectivity index (χ2v) is 11.6. The van der Waals surface area contributed by atoms with Crippen molar-refractivity contribution in [2.75, 3.05) is 6.54 Å². The first-order valence-corrected chi connectivity index (χ1v) is 13.8. The molecule has 0 spiro atoms. The van der Waals surface area contributed by atoms with Gasteiger partial charge in [-0.2, -0.15) is 0 Å². The Morgan fingerprint density at radius 2 is 1.73 bits per heavy atom. The van der Waals surface area contributed by atoms with Gasteiger partial charge in [-0.15, -0.1) is 0 Å². The number of aliphatic hydroxyl groups excluding tert-OH is 2. The van der Waals surface area contributed by atoms with Crippen LogP contribution in [0.5, 0.6) is 5.75 Å². The zero-order valence-corrected chi connectivity index (χ0v) is 23.6. The molecule has 4 atom stereocenters. The first-order chi connectivity index (χ1) is 19.3. The molecule has 1 aliphatic heterocycles. The molecule has 1 aromatic rings. The number of aryl methyl sites for hydroxylation is 2. The van der Waals surface area contributed by atoms with E-state index >= 15 is 0 Å². The van der Waals surface area contributed by atoms with E-state index in [0.29, 0.717) is 43.5 Å². The van der Waals surface area contributed by atoms with Crippen molar-refractivity contribution in [1.29, 1.82) is 0 Å². The summed E-state index contributed by atoms with van der Waals surface area (Å²) in [4.78, 5) is 59.4. The maximum atomic E-state index is 12.5. The maximum Gasteiger partial charge on any atom is 0.333 e. The number of allylic oxidation sites excluding steroid dienone is 2. The molecule has 0 saturated carbocycles.